The zero-order valence-corrected chi connectivity index (χ0v) is 11.4. The van der Waals surface area contributed by atoms with E-state index in [1.807, 2.05) is 6.07 Å². The second-order valence-electron chi connectivity index (χ2n) is 5.01. The first kappa shape index (κ1) is 14.7. The highest BCUT2D eigenvalue weighted by atomic mass is 19.1. The van der Waals surface area contributed by atoms with Gasteiger partial charge in [0.15, 0.2) is 0 Å². The van der Waals surface area contributed by atoms with Crippen LogP contribution in [0.3, 0.4) is 0 Å². The van der Waals surface area contributed by atoms with Gasteiger partial charge in [0.25, 0.3) is 0 Å². The minimum atomic E-state index is -1.21. The number of alkyl halides is 1. The van der Waals surface area contributed by atoms with Crippen LogP contribution < -0.4 is 10.1 Å². The predicted molar refractivity (Wildman–Crippen MR) is 73.3 cm³/mol. The van der Waals surface area contributed by atoms with Gasteiger partial charge in [-0.3, -0.25) is 9.78 Å². The number of nitrogens with one attached hydrogen (secondary N) is 1. The number of likely N-dealkylation sites (tertiary alicyclic amines) is 1. The minimum absolute atomic E-state index is 0.302. The van der Waals surface area contributed by atoms with E-state index in [0.717, 1.165) is 6.41 Å². The van der Waals surface area contributed by atoms with Crippen LogP contribution in [-0.4, -0.2) is 54.7 Å². The summed E-state index contributed by atoms with van der Waals surface area (Å²) in [7, 11) is 0. The lowest BCUT2D eigenvalue weighted by molar-refractivity contribution is -0.120. The van der Waals surface area contributed by atoms with Gasteiger partial charge in [0, 0.05) is 45.2 Å². The topological polar surface area (TPSA) is 54.5 Å². The summed E-state index contributed by atoms with van der Waals surface area (Å²) in [5.41, 5.74) is -1.21. The van der Waals surface area contributed by atoms with Gasteiger partial charge in [0.05, 0.1) is 6.20 Å². The molecule has 1 saturated heterocycles. The molecule has 0 unspecified atom stereocenters. The first-order valence-electron chi connectivity index (χ1n) is 6.84. The maximum Gasteiger partial charge on any atom is 0.209 e. The van der Waals surface area contributed by atoms with E-state index in [1.165, 1.54) is 0 Å². The van der Waals surface area contributed by atoms with Gasteiger partial charge in [0.1, 0.15) is 18.0 Å². The van der Waals surface area contributed by atoms with Gasteiger partial charge in [-0.25, -0.2) is 4.39 Å². The zero-order valence-electron chi connectivity index (χ0n) is 11.4. The Kier molecular flexibility index (Phi) is 5.29. The number of halogens is 1. The summed E-state index contributed by atoms with van der Waals surface area (Å²) < 4.78 is 19.8. The van der Waals surface area contributed by atoms with E-state index in [9.17, 15) is 9.18 Å². The molecule has 20 heavy (non-hydrogen) atoms. The van der Waals surface area contributed by atoms with E-state index in [0.29, 0.717) is 51.4 Å². The molecule has 1 amide bonds. The van der Waals surface area contributed by atoms with Crippen LogP contribution in [0.1, 0.15) is 12.8 Å². The summed E-state index contributed by atoms with van der Waals surface area (Å²) in [6.07, 6.45) is 4.90. The highest BCUT2D eigenvalue weighted by molar-refractivity contribution is 5.47. The third kappa shape index (κ3) is 4.45. The molecule has 1 fully saturated rings. The summed E-state index contributed by atoms with van der Waals surface area (Å²) in [5, 5.41) is 3.07. The molecule has 1 aliphatic rings. The molecule has 110 valence electrons. The Morgan fingerprint density at radius 3 is 2.95 bits per heavy atom. The molecule has 1 aromatic rings. The number of hydrogen-bond acceptors (Lipinski definition) is 4. The van der Waals surface area contributed by atoms with Crippen LogP contribution in [0.5, 0.6) is 5.75 Å². The second kappa shape index (κ2) is 7.19. The lowest BCUT2D eigenvalue weighted by atomic mass is 9.93. The molecule has 5 nitrogen and oxygen atoms in total. The average molecular weight is 281 g/mol. The van der Waals surface area contributed by atoms with Crippen molar-refractivity contribution in [2.45, 2.75) is 18.5 Å². The Morgan fingerprint density at radius 2 is 2.30 bits per heavy atom. The molecule has 1 N–H and O–H groups in total. The van der Waals surface area contributed by atoms with Crippen LogP contribution in [0, 0.1) is 0 Å². The van der Waals surface area contributed by atoms with E-state index in [4.69, 9.17) is 4.74 Å². The van der Waals surface area contributed by atoms with Crippen molar-refractivity contribution < 1.29 is 13.9 Å². The molecule has 0 saturated carbocycles. The van der Waals surface area contributed by atoms with E-state index in [-0.39, 0.29) is 0 Å². The molecule has 1 aliphatic heterocycles. The highest BCUT2D eigenvalue weighted by Gasteiger charge is 2.33. The summed E-state index contributed by atoms with van der Waals surface area (Å²) >= 11 is 0. The minimum Gasteiger partial charge on any atom is -0.491 e. The molecule has 6 heteroatoms. The predicted octanol–water partition coefficient (Wildman–Crippen LogP) is 1.01. The lowest BCUT2D eigenvalue weighted by Crippen LogP contribution is -2.47. The Bertz CT molecular complexity index is 408. The normalized spacial score (nSPS) is 17.8. The van der Waals surface area contributed by atoms with Crippen LogP contribution in [0.2, 0.25) is 0 Å². The van der Waals surface area contributed by atoms with Gasteiger partial charge in [-0.2, -0.15) is 0 Å². The van der Waals surface area contributed by atoms with E-state index < -0.39 is 5.67 Å². The maximum absolute atomic E-state index is 14.4. The van der Waals surface area contributed by atoms with Crippen LogP contribution >= 0.6 is 0 Å². The maximum atomic E-state index is 14.4. The van der Waals surface area contributed by atoms with Gasteiger partial charge >= 0.3 is 0 Å². The SMILES string of the molecule is O=CN1CCC(F)(CNCCOc2cccnc2)CC1. The standard InChI is InChI=1S/C14H20FN3O2/c15-14(3-7-18(12-19)8-4-14)11-17-6-9-20-13-2-1-5-16-10-13/h1-2,5,10,12,17H,3-4,6-9,11H2. The summed E-state index contributed by atoms with van der Waals surface area (Å²) in [6.45, 7) is 2.35. The first-order valence-corrected chi connectivity index (χ1v) is 6.84. The first-order chi connectivity index (χ1) is 9.72. The van der Waals surface area contributed by atoms with Crippen LogP contribution in [0.15, 0.2) is 24.5 Å². The van der Waals surface area contributed by atoms with Gasteiger partial charge in [-0.1, -0.05) is 0 Å². The quantitative estimate of drug-likeness (QED) is 0.598. The Balaban J connectivity index is 1.60. The number of pyridine rings is 1. The summed E-state index contributed by atoms with van der Waals surface area (Å²) in [5.74, 6) is 0.712. The molecule has 0 aromatic carbocycles. The Labute approximate surface area is 118 Å². The molecule has 0 spiro atoms. The van der Waals surface area contributed by atoms with E-state index in [1.54, 1.807) is 23.4 Å². The molecule has 0 atom stereocenters. The van der Waals surface area contributed by atoms with Gasteiger partial charge in [0.2, 0.25) is 6.41 Å². The molecule has 0 bridgehead atoms. The molecule has 2 heterocycles. The number of ether oxygens (including phenoxy) is 1. The number of carbonyl (C=O) groups is 1. The monoisotopic (exact) mass is 281 g/mol. The van der Waals surface area contributed by atoms with Crippen molar-refractivity contribution in [3.05, 3.63) is 24.5 Å². The third-order valence-electron chi connectivity index (χ3n) is 3.47. The van der Waals surface area contributed by atoms with Crippen LogP contribution in [0.25, 0.3) is 0 Å². The highest BCUT2D eigenvalue weighted by Crippen LogP contribution is 2.25. The molecule has 0 aliphatic carbocycles. The molecular weight excluding hydrogens is 261 g/mol. The average Bonchev–Trinajstić information content (AvgIpc) is 2.49. The molecule has 0 radical (unpaired) electrons. The van der Waals surface area contributed by atoms with Crippen molar-refractivity contribution >= 4 is 6.41 Å². The number of carbonyl (C=O) groups excluding carboxylic acids is 1. The number of rotatable bonds is 7. The number of amides is 1. The smallest absolute Gasteiger partial charge is 0.209 e. The lowest BCUT2D eigenvalue weighted by Gasteiger charge is -2.34. The molecular formula is C14H20FN3O2. The number of aromatic nitrogens is 1. The van der Waals surface area contributed by atoms with Crippen molar-refractivity contribution in [3.63, 3.8) is 0 Å². The van der Waals surface area contributed by atoms with E-state index in [2.05, 4.69) is 10.3 Å². The Hall–Kier alpha value is -1.69. The molecule has 2 rings (SSSR count). The zero-order chi connectivity index (χ0) is 14.3. The van der Waals surface area contributed by atoms with Gasteiger partial charge < -0.3 is 15.0 Å². The summed E-state index contributed by atoms with van der Waals surface area (Å²) in [4.78, 5) is 16.1. The number of nitrogens with zero attached hydrogens (tertiary/aromatic N) is 2. The number of hydrogen-bond donors (Lipinski definition) is 1. The van der Waals surface area contributed by atoms with Crippen molar-refractivity contribution in [1.82, 2.24) is 15.2 Å². The Morgan fingerprint density at radius 1 is 1.50 bits per heavy atom. The van der Waals surface area contributed by atoms with Crippen LogP contribution in [0.4, 0.5) is 4.39 Å². The van der Waals surface area contributed by atoms with E-state index >= 15 is 0 Å². The third-order valence-corrected chi connectivity index (χ3v) is 3.47. The fourth-order valence-corrected chi connectivity index (χ4v) is 2.19. The number of piperidine rings is 1. The van der Waals surface area contributed by atoms with Crippen molar-refractivity contribution in [2.75, 3.05) is 32.8 Å². The van der Waals surface area contributed by atoms with Crippen molar-refractivity contribution in [3.8, 4) is 5.75 Å². The fourth-order valence-electron chi connectivity index (χ4n) is 2.19. The summed E-state index contributed by atoms with van der Waals surface area (Å²) in [6, 6.07) is 3.64. The van der Waals surface area contributed by atoms with Gasteiger partial charge in [-0.15, -0.1) is 0 Å². The fraction of sp³-hybridized carbons (Fsp3) is 0.571. The van der Waals surface area contributed by atoms with Crippen molar-refractivity contribution in [2.24, 2.45) is 0 Å². The van der Waals surface area contributed by atoms with Crippen molar-refractivity contribution in [1.29, 1.82) is 0 Å². The largest absolute Gasteiger partial charge is 0.491 e. The van der Waals surface area contributed by atoms with Gasteiger partial charge in [-0.05, 0) is 12.1 Å². The van der Waals surface area contributed by atoms with Crippen LogP contribution in [-0.2, 0) is 4.79 Å². The second-order valence-corrected chi connectivity index (χ2v) is 5.01. The molecule has 1 aromatic heterocycles.